The van der Waals surface area contributed by atoms with Gasteiger partial charge in [-0.25, -0.2) is 0 Å². The average Bonchev–Trinajstić information content (AvgIpc) is 2.61. The molecule has 0 saturated carbocycles. The molecule has 5 heteroatoms. The summed E-state index contributed by atoms with van der Waals surface area (Å²) in [7, 11) is 1.59. The van der Waals surface area contributed by atoms with Crippen molar-refractivity contribution >= 4 is 11.6 Å². The second-order valence-electron chi connectivity index (χ2n) is 6.37. The number of aryl methyl sites for hydroxylation is 1. The second-order valence-corrected chi connectivity index (χ2v) is 6.37. The molecule has 1 aliphatic rings. The van der Waals surface area contributed by atoms with Gasteiger partial charge in [-0.15, -0.1) is 0 Å². The Morgan fingerprint density at radius 2 is 2.12 bits per heavy atom. The van der Waals surface area contributed by atoms with Gasteiger partial charge in [-0.2, -0.15) is 0 Å². The molecule has 2 aromatic rings. The molecule has 0 radical (unpaired) electrons. The number of aliphatic hydroxyl groups is 1. The Hall–Kier alpha value is -2.37. The van der Waals surface area contributed by atoms with E-state index in [1.807, 2.05) is 48.2 Å². The van der Waals surface area contributed by atoms with Crippen LogP contribution in [0, 0.1) is 6.92 Å². The smallest absolute Gasteiger partial charge is 0.238 e. The van der Waals surface area contributed by atoms with Crippen LogP contribution in [0.4, 0.5) is 5.69 Å². The van der Waals surface area contributed by atoms with E-state index in [0.29, 0.717) is 11.4 Å². The quantitative estimate of drug-likeness (QED) is 0.878. The number of fused-ring (bicyclic) bond motifs is 1. The lowest BCUT2D eigenvalue weighted by Crippen LogP contribution is -2.42. The van der Waals surface area contributed by atoms with E-state index in [1.165, 1.54) is 5.56 Å². The van der Waals surface area contributed by atoms with Gasteiger partial charge in [-0.05, 0) is 42.2 Å². The normalized spacial score (nSPS) is 17.0. The van der Waals surface area contributed by atoms with E-state index in [1.54, 1.807) is 7.11 Å². The van der Waals surface area contributed by atoms with Gasteiger partial charge >= 0.3 is 0 Å². The summed E-state index contributed by atoms with van der Waals surface area (Å²) in [5.74, 6) is 0.531. The number of hydrogen-bond donors (Lipinski definition) is 2. The Morgan fingerprint density at radius 1 is 1.32 bits per heavy atom. The number of methoxy groups -OCH3 is 1. The van der Waals surface area contributed by atoms with E-state index < -0.39 is 0 Å². The second kappa shape index (κ2) is 7.68. The van der Waals surface area contributed by atoms with Crippen molar-refractivity contribution in [3.05, 3.63) is 59.2 Å². The zero-order valence-electron chi connectivity index (χ0n) is 14.7. The number of carbonyl (C=O) groups is 1. The Morgan fingerprint density at radius 3 is 2.88 bits per heavy atom. The third-order valence-corrected chi connectivity index (χ3v) is 4.67. The Bertz CT molecular complexity index is 760. The monoisotopic (exact) mass is 340 g/mol. The number of nitrogens with zero attached hydrogens (tertiary/aromatic N) is 1. The maximum atomic E-state index is 12.5. The Labute approximate surface area is 148 Å². The van der Waals surface area contributed by atoms with Crippen molar-refractivity contribution in [3.63, 3.8) is 0 Å². The molecule has 2 N–H and O–H groups in total. The fourth-order valence-corrected chi connectivity index (χ4v) is 3.40. The predicted octanol–water partition coefficient (Wildman–Crippen LogP) is 2.53. The lowest BCUT2D eigenvalue weighted by molar-refractivity contribution is -0.118. The zero-order valence-corrected chi connectivity index (χ0v) is 14.7. The standard InChI is InChI=1S/C20H24N2O3/c1-14-7-8-19(25-2)17(11-14)21-20(24)12-22-10-9-15-5-3-4-6-16(15)18(22)13-23/h3-8,11,18,23H,9-10,12-13H2,1-2H3,(H,21,24). The molecule has 2 aromatic carbocycles. The molecular formula is C20H24N2O3. The molecule has 0 aromatic heterocycles. The van der Waals surface area contributed by atoms with Gasteiger partial charge in [0.05, 0.1) is 32.0 Å². The van der Waals surface area contributed by atoms with Crippen LogP contribution >= 0.6 is 0 Å². The summed E-state index contributed by atoms with van der Waals surface area (Å²) in [4.78, 5) is 14.6. The third-order valence-electron chi connectivity index (χ3n) is 4.67. The molecule has 5 nitrogen and oxygen atoms in total. The number of nitrogens with one attached hydrogen (secondary N) is 1. The van der Waals surface area contributed by atoms with Crippen LogP contribution in [-0.2, 0) is 11.2 Å². The summed E-state index contributed by atoms with van der Waals surface area (Å²) in [6, 6.07) is 13.6. The number of aliphatic hydroxyl groups excluding tert-OH is 1. The molecular weight excluding hydrogens is 316 g/mol. The van der Waals surface area contributed by atoms with Crippen LogP contribution in [-0.4, -0.2) is 42.7 Å². The molecule has 1 aliphatic heterocycles. The molecule has 1 unspecified atom stereocenters. The van der Waals surface area contributed by atoms with Gasteiger partial charge in [0.25, 0.3) is 0 Å². The number of hydrogen-bond acceptors (Lipinski definition) is 4. The van der Waals surface area contributed by atoms with Crippen molar-refractivity contribution in [3.8, 4) is 5.75 Å². The van der Waals surface area contributed by atoms with E-state index in [9.17, 15) is 9.90 Å². The lowest BCUT2D eigenvalue weighted by atomic mass is 9.93. The van der Waals surface area contributed by atoms with Crippen molar-refractivity contribution in [1.29, 1.82) is 0 Å². The van der Waals surface area contributed by atoms with Gasteiger partial charge in [0.2, 0.25) is 5.91 Å². The molecule has 1 atom stereocenters. The minimum Gasteiger partial charge on any atom is -0.495 e. The molecule has 3 rings (SSSR count). The van der Waals surface area contributed by atoms with E-state index in [4.69, 9.17) is 4.74 Å². The predicted molar refractivity (Wildman–Crippen MR) is 97.9 cm³/mol. The summed E-state index contributed by atoms with van der Waals surface area (Å²) in [6.07, 6.45) is 0.883. The Kier molecular flexibility index (Phi) is 5.36. The van der Waals surface area contributed by atoms with E-state index in [0.717, 1.165) is 24.1 Å². The number of amides is 1. The van der Waals surface area contributed by atoms with Crippen molar-refractivity contribution in [2.24, 2.45) is 0 Å². The number of rotatable bonds is 5. The molecule has 132 valence electrons. The van der Waals surface area contributed by atoms with E-state index >= 15 is 0 Å². The molecule has 0 fully saturated rings. The van der Waals surface area contributed by atoms with E-state index in [2.05, 4.69) is 11.4 Å². The summed E-state index contributed by atoms with van der Waals surface area (Å²) in [5.41, 5.74) is 4.08. The highest BCUT2D eigenvalue weighted by molar-refractivity contribution is 5.93. The third kappa shape index (κ3) is 3.83. The lowest BCUT2D eigenvalue weighted by Gasteiger charge is -2.35. The Balaban J connectivity index is 1.72. The minimum absolute atomic E-state index is 0.00193. The van der Waals surface area contributed by atoms with Crippen LogP contribution < -0.4 is 10.1 Å². The average molecular weight is 340 g/mol. The van der Waals surface area contributed by atoms with Crippen LogP contribution in [0.1, 0.15) is 22.7 Å². The van der Waals surface area contributed by atoms with Gasteiger partial charge in [0, 0.05) is 6.54 Å². The molecule has 25 heavy (non-hydrogen) atoms. The van der Waals surface area contributed by atoms with Crippen molar-refractivity contribution in [1.82, 2.24) is 4.90 Å². The molecule has 1 amide bonds. The highest BCUT2D eigenvalue weighted by Crippen LogP contribution is 2.29. The number of anilines is 1. The first kappa shape index (κ1) is 17.5. The summed E-state index contributed by atoms with van der Waals surface area (Å²) < 4.78 is 5.31. The van der Waals surface area contributed by atoms with Crippen molar-refractivity contribution in [2.45, 2.75) is 19.4 Å². The zero-order chi connectivity index (χ0) is 17.8. The molecule has 0 spiro atoms. The van der Waals surface area contributed by atoms with Crippen molar-refractivity contribution in [2.75, 3.05) is 32.1 Å². The van der Waals surface area contributed by atoms with Crippen LogP contribution in [0.3, 0.4) is 0 Å². The number of benzene rings is 2. The largest absolute Gasteiger partial charge is 0.495 e. The first-order valence-electron chi connectivity index (χ1n) is 8.49. The van der Waals surface area contributed by atoms with Crippen LogP contribution in [0.2, 0.25) is 0 Å². The molecule has 0 saturated heterocycles. The molecule has 1 heterocycles. The minimum atomic E-state index is -0.143. The van der Waals surface area contributed by atoms with Gasteiger partial charge in [0.15, 0.2) is 0 Å². The maximum Gasteiger partial charge on any atom is 0.238 e. The fraction of sp³-hybridized carbons (Fsp3) is 0.350. The van der Waals surface area contributed by atoms with Crippen molar-refractivity contribution < 1.29 is 14.6 Å². The van der Waals surface area contributed by atoms with Gasteiger partial charge < -0.3 is 15.2 Å². The summed E-state index contributed by atoms with van der Waals surface area (Å²) >= 11 is 0. The van der Waals surface area contributed by atoms with Crippen LogP contribution in [0.15, 0.2) is 42.5 Å². The van der Waals surface area contributed by atoms with Gasteiger partial charge in [-0.3, -0.25) is 9.69 Å². The summed E-state index contributed by atoms with van der Waals surface area (Å²) in [6.45, 7) is 2.95. The summed E-state index contributed by atoms with van der Waals surface area (Å²) in [5, 5.41) is 12.8. The van der Waals surface area contributed by atoms with Crippen LogP contribution in [0.5, 0.6) is 5.75 Å². The van der Waals surface area contributed by atoms with Crippen LogP contribution in [0.25, 0.3) is 0 Å². The maximum absolute atomic E-state index is 12.5. The topological polar surface area (TPSA) is 61.8 Å². The highest BCUT2D eigenvalue weighted by Gasteiger charge is 2.28. The SMILES string of the molecule is COc1ccc(C)cc1NC(=O)CN1CCc2ccccc2C1CO. The number of carbonyl (C=O) groups excluding carboxylic acids is 1. The first-order valence-corrected chi connectivity index (χ1v) is 8.49. The molecule has 0 bridgehead atoms. The molecule has 0 aliphatic carbocycles. The fourth-order valence-electron chi connectivity index (χ4n) is 3.40. The van der Waals surface area contributed by atoms with E-state index in [-0.39, 0.29) is 25.1 Å². The first-order chi connectivity index (χ1) is 12.1. The highest BCUT2D eigenvalue weighted by atomic mass is 16.5. The number of ether oxygens (including phenoxy) is 1. The van der Waals surface area contributed by atoms with Gasteiger partial charge in [-0.1, -0.05) is 30.3 Å². The van der Waals surface area contributed by atoms with Gasteiger partial charge in [0.1, 0.15) is 5.75 Å².